The fraction of sp³-hybridized carbons (Fsp3) is 0.571. The minimum absolute atomic E-state index is 0.239. The number of piperidine rings is 1. The molecule has 1 fully saturated rings. The van der Waals surface area contributed by atoms with E-state index in [1.807, 2.05) is 11.9 Å². The number of hydrogen-bond acceptors (Lipinski definition) is 4. The number of carbonyl (C=O) groups excluding carboxylic acids is 2. The van der Waals surface area contributed by atoms with Gasteiger partial charge in [-0.25, -0.2) is 0 Å². The van der Waals surface area contributed by atoms with E-state index in [1.165, 1.54) is 12.8 Å². The predicted octanol–water partition coefficient (Wildman–Crippen LogP) is 0.203. The van der Waals surface area contributed by atoms with Gasteiger partial charge in [0.2, 0.25) is 5.91 Å². The topological polar surface area (TPSA) is 77.2 Å². The maximum absolute atomic E-state index is 11.8. The van der Waals surface area contributed by atoms with Crippen LogP contribution < -0.4 is 10.6 Å². The molecule has 1 aliphatic heterocycles. The van der Waals surface area contributed by atoms with Crippen molar-refractivity contribution in [3.8, 4) is 0 Å². The zero-order chi connectivity index (χ0) is 14.4. The van der Waals surface area contributed by atoms with E-state index >= 15 is 0 Å². The number of aromatic nitrogens is 1. The highest BCUT2D eigenvalue weighted by atomic mass is 16.2. The SMILES string of the molecule is CN(CC(=O)NC(=O)c1ccc[nH]1)CC1CCCNC1. The summed E-state index contributed by atoms with van der Waals surface area (Å²) in [6.45, 7) is 3.21. The number of rotatable bonds is 5. The first-order valence-corrected chi connectivity index (χ1v) is 7.02. The molecule has 3 N–H and O–H groups in total. The number of nitrogens with zero attached hydrogens (tertiary/aromatic N) is 1. The van der Waals surface area contributed by atoms with E-state index in [0.717, 1.165) is 19.6 Å². The van der Waals surface area contributed by atoms with Gasteiger partial charge in [-0.15, -0.1) is 0 Å². The molecule has 1 aromatic heterocycles. The summed E-state index contributed by atoms with van der Waals surface area (Å²) in [6, 6.07) is 3.36. The minimum Gasteiger partial charge on any atom is -0.357 e. The lowest BCUT2D eigenvalue weighted by Gasteiger charge is -2.27. The van der Waals surface area contributed by atoms with Crippen molar-refractivity contribution < 1.29 is 9.59 Å². The number of likely N-dealkylation sites (N-methyl/N-ethyl adjacent to an activating group) is 1. The standard InChI is InChI=1S/C14H22N4O2/c1-18(9-11-4-2-6-15-8-11)10-13(19)17-14(20)12-5-3-7-16-12/h3,5,7,11,15-16H,2,4,6,8-10H2,1H3,(H,17,19,20). The maximum Gasteiger partial charge on any atom is 0.274 e. The van der Waals surface area contributed by atoms with Crippen LogP contribution in [-0.4, -0.2) is 54.9 Å². The van der Waals surface area contributed by atoms with Crippen molar-refractivity contribution >= 4 is 11.8 Å². The Morgan fingerprint density at radius 2 is 2.35 bits per heavy atom. The molecule has 0 spiro atoms. The van der Waals surface area contributed by atoms with Crippen LogP contribution in [0.4, 0.5) is 0 Å². The summed E-state index contributed by atoms with van der Waals surface area (Å²) in [4.78, 5) is 28.2. The van der Waals surface area contributed by atoms with Crippen molar-refractivity contribution in [3.63, 3.8) is 0 Å². The fourth-order valence-electron chi connectivity index (χ4n) is 2.54. The summed E-state index contributed by atoms with van der Waals surface area (Å²) in [5.74, 6) is -0.0655. The third-order valence-corrected chi connectivity index (χ3v) is 3.48. The summed E-state index contributed by atoms with van der Waals surface area (Å²) in [5, 5.41) is 5.74. The molecule has 0 saturated carbocycles. The molecule has 110 valence electrons. The Hall–Kier alpha value is -1.66. The summed E-state index contributed by atoms with van der Waals surface area (Å²) in [5.41, 5.74) is 0.400. The van der Waals surface area contributed by atoms with E-state index in [9.17, 15) is 9.59 Å². The Labute approximate surface area is 118 Å². The Kier molecular flexibility index (Phi) is 5.31. The molecule has 6 nitrogen and oxygen atoms in total. The van der Waals surface area contributed by atoms with Crippen LogP contribution in [-0.2, 0) is 4.79 Å². The number of H-pyrrole nitrogens is 1. The van der Waals surface area contributed by atoms with Gasteiger partial charge in [0.25, 0.3) is 5.91 Å². The fourth-order valence-corrected chi connectivity index (χ4v) is 2.54. The van der Waals surface area contributed by atoms with Gasteiger partial charge in [-0.05, 0) is 51.0 Å². The quantitative estimate of drug-likeness (QED) is 0.719. The Balaban J connectivity index is 1.71. The monoisotopic (exact) mass is 278 g/mol. The smallest absolute Gasteiger partial charge is 0.274 e. The van der Waals surface area contributed by atoms with Crippen molar-refractivity contribution in [3.05, 3.63) is 24.0 Å². The number of carbonyl (C=O) groups is 2. The van der Waals surface area contributed by atoms with Crippen molar-refractivity contribution in [2.45, 2.75) is 12.8 Å². The van der Waals surface area contributed by atoms with Gasteiger partial charge >= 0.3 is 0 Å². The molecule has 1 saturated heterocycles. The highest BCUT2D eigenvalue weighted by Gasteiger charge is 2.17. The van der Waals surface area contributed by atoms with E-state index in [2.05, 4.69) is 15.6 Å². The number of imide groups is 1. The summed E-state index contributed by atoms with van der Waals surface area (Å²) in [7, 11) is 1.91. The van der Waals surface area contributed by atoms with Gasteiger partial charge in [0.15, 0.2) is 0 Å². The van der Waals surface area contributed by atoms with Crippen LogP contribution in [0, 0.1) is 5.92 Å². The van der Waals surface area contributed by atoms with Crippen LogP contribution in [0.25, 0.3) is 0 Å². The lowest BCUT2D eigenvalue weighted by molar-refractivity contribution is -0.121. The van der Waals surface area contributed by atoms with Crippen LogP contribution in [0.3, 0.4) is 0 Å². The number of aromatic amines is 1. The van der Waals surface area contributed by atoms with Crippen molar-refractivity contribution in [2.75, 3.05) is 33.2 Å². The van der Waals surface area contributed by atoms with Crippen molar-refractivity contribution in [2.24, 2.45) is 5.92 Å². The molecule has 6 heteroatoms. The van der Waals surface area contributed by atoms with E-state index in [0.29, 0.717) is 11.6 Å². The molecule has 2 heterocycles. The van der Waals surface area contributed by atoms with Crippen molar-refractivity contribution in [1.29, 1.82) is 0 Å². The Bertz CT molecular complexity index is 438. The van der Waals surface area contributed by atoms with Gasteiger partial charge in [-0.2, -0.15) is 0 Å². The highest BCUT2D eigenvalue weighted by molar-refractivity contribution is 6.04. The molecule has 1 aliphatic rings. The average molecular weight is 278 g/mol. The summed E-state index contributed by atoms with van der Waals surface area (Å²) < 4.78 is 0. The molecule has 2 amide bonds. The van der Waals surface area contributed by atoms with Crippen LogP contribution in [0.2, 0.25) is 0 Å². The molecule has 2 rings (SSSR count). The molecule has 0 radical (unpaired) electrons. The average Bonchev–Trinajstić information content (AvgIpc) is 2.93. The lowest BCUT2D eigenvalue weighted by atomic mass is 9.99. The molecule has 1 unspecified atom stereocenters. The molecule has 1 atom stereocenters. The van der Waals surface area contributed by atoms with Gasteiger partial charge in [0.05, 0.1) is 6.54 Å². The maximum atomic E-state index is 11.8. The van der Waals surface area contributed by atoms with Crippen LogP contribution in [0.1, 0.15) is 23.3 Å². The molecule has 0 aromatic carbocycles. The molecule has 0 bridgehead atoms. The normalized spacial score (nSPS) is 19.0. The van der Waals surface area contributed by atoms with Crippen LogP contribution >= 0.6 is 0 Å². The summed E-state index contributed by atoms with van der Waals surface area (Å²) in [6.07, 6.45) is 4.04. The first-order chi connectivity index (χ1) is 9.65. The second-order valence-electron chi connectivity index (χ2n) is 5.37. The Morgan fingerprint density at radius 3 is 3.00 bits per heavy atom. The van der Waals surface area contributed by atoms with Gasteiger partial charge < -0.3 is 10.3 Å². The van der Waals surface area contributed by atoms with E-state index < -0.39 is 0 Å². The molecule has 1 aromatic rings. The second kappa shape index (κ2) is 7.21. The van der Waals surface area contributed by atoms with Crippen LogP contribution in [0.5, 0.6) is 0 Å². The third kappa shape index (κ3) is 4.47. The predicted molar refractivity (Wildman–Crippen MR) is 76.4 cm³/mol. The zero-order valence-corrected chi connectivity index (χ0v) is 11.8. The van der Waals surface area contributed by atoms with Gasteiger partial charge in [-0.1, -0.05) is 0 Å². The third-order valence-electron chi connectivity index (χ3n) is 3.48. The molecular weight excluding hydrogens is 256 g/mol. The van der Waals surface area contributed by atoms with Gasteiger partial charge in [-0.3, -0.25) is 19.8 Å². The zero-order valence-electron chi connectivity index (χ0n) is 11.8. The molecular formula is C14H22N4O2. The van der Waals surface area contributed by atoms with Crippen LogP contribution in [0.15, 0.2) is 18.3 Å². The van der Waals surface area contributed by atoms with E-state index in [1.54, 1.807) is 18.3 Å². The van der Waals surface area contributed by atoms with Gasteiger partial charge in [0.1, 0.15) is 5.69 Å². The highest BCUT2D eigenvalue weighted by Crippen LogP contribution is 2.10. The summed E-state index contributed by atoms with van der Waals surface area (Å²) >= 11 is 0. The number of hydrogen-bond donors (Lipinski definition) is 3. The Morgan fingerprint density at radius 1 is 1.50 bits per heavy atom. The van der Waals surface area contributed by atoms with E-state index in [-0.39, 0.29) is 18.4 Å². The number of nitrogens with one attached hydrogen (secondary N) is 3. The van der Waals surface area contributed by atoms with E-state index in [4.69, 9.17) is 0 Å². The molecule has 0 aliphatic carbocycles. The minimum atomic E-state index is -0.382. The van der Waals surface area contributed by atoms with Gasteiger partial charge in [0, 0.05) is 12.7 Å². The molecule has 20 heavy (non-hydrogen) atoms. The first kappa shape index (κ1) is 14.7. The number of amides is 2. The van der Waals surface area contributed by atoms with Crippen molar-refractivity contribution in [1.82, 2.24) is 20.5 Å². The largest absolute Gasteiger partial charge is 0.357 e. The first-order valence-electron chi connectivity index (χ1n) is 7.02. The second-order valence-corrected chi connectivity index (χ2v) is 5.37. The lowest BCUT2D eigenvalue weighted by Crippen LogP contribution is -2.42.